The van der Waals surface area contributed by atoms with Crippen LogP contribution in [0.1, 0.15) is 38.8 Å². The van der Waals surface area contributed by atoms with Crippen LogP contribution < -0.4 is 5.63 Å². The smallest absolute Gasteiger partial charge is 0.347 e. The Morgan fingerprint density at radius 1 is 0.931 bits per heavy atom. The average molecular weight is 382 g/mol. The summed E-state index contributed by atoms with van der Waals surface area (Å²) in [7, 11) is 0. The van der Waals surface area contributed by atoms with Crippen molar-refractivity contribution in [2.75, 3.05) is 0 Å². The number of aryl methyl sites for hydroxylation is 1. The number of fused-ring (bicyclic) bond motifs is 3. The van der Waals surface area contributed by atoms with Crippen molar-refractivity contribution in [3.63, 3.8) is 0 Å². The van der Waals surface area contributed by atoms with E-state index in [-0.39, 0.29) is 17.1 Å². The molecule has 4 heteroatoms. The summed E-state index contributed by atoms with van der Waals surface area (Å²) < 4.78 is 5.46. The van der Waals surface area contributed by atoms with E-state index in [4.69, 9.17) is 4.42 Å². The van der Waals surface area contributed by atoms with Crippen molar-refractivity contribution in [2.45, 2.75) is 13.8 Å². The molecule has 4 aromatic rings. The quantitative estimate of drug-likeness (QED) is 0.206. The van der Waals surface area contributed by atoms with Gasteiger partial charge in [0.15, 0.2) is 11.6 Å². The minimum absolute atomic E-state index is 0.0124. The number of allylic oxidation sites excluding steroid dienone is 1. The van der Waals surface area contributed by atoms with E-state index in [1.807, 2.05) is 49.4 Å². The lowest BCUT2D eigenvalue weighted by atomic mass is 9.99. The molecule has 0 fully saturated rings. The van der Waals surface area contributed by atoms with Crippen LogP contribution in [-0.2, 0) is 0 Å². The monoisotopic (exact) mass is 382 g/mol. The summed E-state index contributed by atoms with van der Waals surface area (Å²) in [6.45, 7) is 3.30. The third kappa shape index (κ3) is 3.52. The zero-order valence-corrected chi connectivity index (χ0v) is 16.1. The lowest BCUT2D eigenvalue weighted by molar-refractivity contribution is 0.101. The van der Waals surface area contributed by atoms with Crippen LogP contribution in [-0.4, -0.2) is 11.6 Å². The first-order valence-electron chi connectivity index (χ1n) is 9.23. The molecule has 4 nitrogen and oxygen atoms in total. The molecule has 3 aromatic carbocycles. The van der Waals surface area contributed by atoms with Gasteiger partial charge in [-0.25, -0.2) is 4.79 Å². The minimum Gasteiger partial charge on any atom is -0.422 e. The van der Waals surface area contributed by atoms with Gasteiger partial charge in [-0.1, -0.05) is 60.2 Å². The summed E-state index contributed by atoms with van der Waals surface area (Å²) in [5.41, 5.74) is 2.30. The second kappa shape index (κ2) is 7.32. The van der Waals surface area contributed by atoms with Crippen LogP contribution >= 0.6 is 0 Å². The number of carbonyl (C=O) groups is 2. The Morgan fingerprint density at radius 2 is 1.62 bits per heavy atom. The third-order valence-electron chi connectivity index (χ3n) is 4.90. The molecule has 0 bridgehead atoms. The van der Waals surface area contributed by atoms with Crippen LogP contribution in [0, 0.1) is 6.92 Å². The molecule has 0 saturated carbocycles. The molecule has 0 unspecified atom stereocenters. The molecule has 0 spiro atoms. The van der Waals surface area contributed by atoms with E-state index in [1.165, 1.54) is 13.0 Å². The van der Waals surface area contributed by atoms with Crippen molar-refractivity contribution in [1.82, 2.24) is 0 Å². The molecule has 0 aliphatic carbocycles. The van der Waals surface area contributed by atoms with Gasteiger partial charge in [0.05, 0.1) is 0 Å². The molecule has 0 radical (unpaired) electrons. The Bertz CT molecular complexity index is 1360. The molecule has 0 saturated heterocycles. The van der Waals surface area contributed by atoms with Gasteiger partial charge in [-0.15, -0.1) is 0 Å². The summed E-state index contributed by atoms with van der Waals surface area (Å²) >= 11 is 0. The molecule has 0 N–H and O–H groups in total. The molecule has 0 aliphatic rings. The lowest BCUT2D eigenvalue weighted by Crippen LogP contribution is -2.11. The van der Waals surface area contributed by atoms with Crippen molar-refractivity contribution in [3.05, 3.63) is 99.4 Å². The highest BCUT2D eigenvalue weighted by Crippen LogP contribution is 2.29. The van der Waals surface area contributed by atoms with Crippen LogP contribution in [0.2, 0.25) is 0 Å². The maximum absolute atomic E-state index is 12.5. The Kier molecular flexibility index (Phi) is 4.69. The number of rotatable bonds is 4. The zero-order valence-electron chi connectivity index (χ0n) is 16.1. The topological polar surface area (TPSA) is 64.3 Å². The SMILES string of the molecule is CC(=O)c1cc2cc(/C=C/C(=O)c3ccc(C)cc3)c3ccccc3c2oc1=O. The van der Waals surface area contributed by atoms with E-state index >= 15 is 0 Å². The molecule has 0 atom stereocenters. The maximum atomic E-state index is 12.5. The minimum atomic E-state index is -0.645. The van der Waals surface area contributed by atoms with Gasteiger partial charge in [0.25, 0.3) is 0 Å². The Hall–Kier alpha value is -3.79. The highest BCUT2D eigenvalue weighted by molar-refractivity contribution is 6.12. The fourth-order valence-electron chi connectivity index (χ4n) is 3.35. The van der Waals surface area contributed by atoms with Gasteiger partial charge >= 0.3 is 5.63 Å². The summed E-state index contributed by atoms with van der Waals surface area (Å²) in [5.74, 6) is -0.446. The van der Waals surface area contributed by atoms with E-state index in [2.05, 4.69) is 0 Å². The second-order valence-corrected chi connectivity index (χ2v) is 7.00. The average Bonchev–Trinajstić information content (AvgIpc) is 2.72. The number of benzene rings is 3. The van der Waals surface area contributed by atoms with Crippen molar-refractivity contribution >= 4 is 39.4 Å². The van der Waals surface area contributed by atoms with Crippen molar-refractivity contribution in [3.8, 4) is 0 Å². The van der Waals surface area contributed by atoms with Gasteiger partial charge in [-0.3, -0.25) is 9.59 Å². The molecule has 142 valence electrons. The van der Waals surface area contributed by atoms with E-state index in [0.29, 0.717) is 16.5 Å². The highest BCUT2D eigenvalue weighted by Gasteiger charge is 2.13. The van der Waals surface area contributed by atoms with Crippen LogP contribution in [0.25, 0.3) is 27.8 Å². The first-order valence-corrected chi connectivity index (χ1v) is 9.23. The number of Topliss-reactive ketones (excluding diaryl/α,β-unsaturated/α-hetero) is 1. The molecule has 29 heavy (non-hydrogen) atoms. The molecule has 1 heterocycles. The van der Waals surface area contributed by atoms with Crippen LogP contribution in [0.15, 0.2) is 76.0 Å². The lowest BCUT2D eigenvalue weighted by Gasteiger charge is -2.07. The first kappa shape index (κ1) is 18.6. The standard InChI is InChI=1S/C25H18O4/c1-15-7-9-17(10-8-15)23(27)12-11-18-13-19-14-22(16(2)26)25(28)29-24(19)21-6-4-3-5-20(18)21/h3-14H,1-2H3/b12-11+. The van der Waals surface area contributed by atoms with Crippen molar-refractivity contribution in [2.24, 2.45) is 0 Å². The second-order valence-electron chi connectivity index (χ2n) is 7.00. The van der Waals surface area contributed by atoms with Gasteiger partial charge in [0.2, 0.25) is 0 Å². The van der Waals surface area contributed by atoms with Gasteiger partial charge in [-0.05, 0) is 43.0 Å². The van der Waals surface area contributed by atoms with Crippen molar-refractivity contribution < 1.29 is 14.0 Å². The molecule has 1 aromatic heterocycles. The Balaban J connectivity index is 1.87. The largest absolute Gasteiger partial charge is 0.422 e. The van der Waals surface area contributed by atoms with Gasteiger partial charge in [0.1, 0.15) is 11.1 Å². The molecular formula is C25H18O4. The van der Waals surface area contributed by atoms with E-state index in [9.17, 15) is 14.4 Å². The van der Waals surface area contributed by atoms with E-state index in [1.54, 1.807) is 24.3 Å². The van der Waals surface area contributed by atoms with Crippen molar-refractivity contribution in [1.29, 1.82) is 0 Å². The molecular weight excluding hydrogens is 364 g/mol. The fraction of sp³-hybridized carbons (Fsp3) is 0.0800. The summed E-state index contributed by atoms with van der Waals surface area (Å²) in [4.78, 5) is 36.4. The normalized spacial score (nSPS) is 11.4. The Morgan fingerprint density at radius 3 is 2.31 bits per heavy atom. The number of hydrogen-bond acceptors (Lipinski definition) is 4. The first-order chi connectivity index (χ1) is 13.9. The predicted octanol–water partition coefficient (Wildman–Crippen LogP) is 5.35. The van der Waals surface area contributed by atoms with E-state index in [0.717, 1.165) is 21.9 Å². The van der Waals surface area contributed by atoms with Gasteiger partial charge < -0.3 is 4.42 Å². The third-order valence-corrected chi connectivity index (χ3v) is 4.90. The number of hydrogen-bond donors (Lipinski definition) is 0. The van der Waals surface area contributed by atoms with Crippen LogP contribution in [0.5, 0.6) is 0 Å². The van der Waals surface area contributed by atoms with Gasteiger partial charge in [0, 0.05) is 16.3 Å². The number of carbonyl (C=O) groups excluding carboxylic acids is 2. The molecule has 0 aliphatic heterocycles. The van der Waals surface area contributed by atoms with Gasteiger partial charge in [-0.2, -0.15) is 0 Å². The fourth-order valence-corrected chi connectivity index (χ4v) is 3.35. The highest BCUT2D eigenvalue weighted by atomic mass is 16.4. The van der Waals surface area contributed by atoms with Crippen LogP contribution in [0.4, 0.5) is 0 Å². The summed E-state index contributed by atoms with van der Waals surface area (Å²) in [6.07, 6.45) is 3.28. The van der Waals surface area contributed by atoms with Crippen LogP contribution in [0.3, 0.4) is 0 Å². The van der Waals surface area contributed by atoms with E-state index < -0.39 is 5.63 Å². The Labute approximate surface area is 167 Å². The number of ketones is 2. The summed E-state index contributed by atoms with van der Waals surface area (Å²) in [5, 5.41) is 2.24. The zero-order chi connectivity index (χ0) is 20.5. The molecule has 4 rings (SSSR count). The maximum Gasteiger partial charge on any atom is 0.347 e. The predicted molar refractivity (Wildman–Crippen MR) is 115 cm³/mol. The molecule has 0 amide bonds. The summed E-state index contributed by atoms with van der Waals surface area (Å²) in [6, 6.07) is 18.3.